The zero-order chi connectivity index (χ0) is 11.0. The Morgan fingerprint density at radius 2 is 2.27 bits per heavy atom. The van der Waals surface area contributed by atoms with Gasteiger partial charge in [-0.15, -0.1) is 0 Å². The normalized spacial score (nSPS) is 10.9. The van der Waals surface area contributed by atoms with Crippen molar-refractivity contribution >= 4 is 39.4 Å². The summed E-state index contributed by atoms with van der Waals surface area (Å²) in [5, 5.41) is 0. The third kappa shape index (κ3) is 1.60. The van der Waals surface area contributed by atoms with Crippen LogP contribution in [0, 0.1) is 0 Å². The molecule has 80 valence electrons. The van der Waals surface area contributed by atoms with Gasteiger partial charge in [0.05, 0.1) is 0 Å². The Balaban J connectivity index is 2.81. The summed E-state index contributed by atoms with van der Waals surface area (Å²) in [6, 6.07) is 0. The van der Waals surface area contributed by atoms with Crippen molar-refractivity contribution in [2.75, 3.05) is 11.7 Å². The van der Waals surface area contributed by atoms with Gasteiger partial charge in [-0.3, -0.25) is 14.8 Å². The van der Waals surface area contributed by atoms with Gasteiger partial charge in [-0.25, -0.2) is 15.8 Å². The summed E-state index contributed by atoms with van der Waals surface area (Å²) in [5.74, 6) is 5.59. The lowest BCUT2D eigenvalue weighted by atomic mass is 10.5. The van der Waals surface area contributed by atoms with E-state index in [1.165, 1.54) is 27.7 Å². The molecule has 0 amide bonds. The number of nitrogens with one attached hydrogen (secondary N) is 1. The van der Waals surface area contributed by atoms with Crippen LogP contribution in [0.3, 0.4) is 0 Å². The standard InChI is InChI=1S/C7H9N5OS2/c1-12-5(13)3-4(10-6(12)11-8)15-7(9-3)14-2/h8H2,1-2H3,(H,10,11). The van der Waals surface area contributed by atoms with E-state index in [-0.39, 0.29) is 5.56 Å². The third-order valence-electron chi connectivity index (χ3n) is 1.93. The topological polar surface area (TPSA) is 85.8 Å². The lowest BCUT2D eigenvalue weighted by Crippen LogP contribution is -2.24. The fraction of sp³-hybridized carbons (Fsp3) is 0.286. The molecule has 0 aliphatic rings. The van der Waals surface area contributed by atoms with Crippen LogP contribution in [0.25, 0.3) is 10.3 Å². The van der Waals surface area contributed by atoms with Crippen LogP contribution >= 0.6 is 23.1 Å². The Kier molecular flexibility index (Phi) is 2.63. The van der Waals surface area contributed by atoms with Crippen LogP contribution in [-0.4, -0.2) is 20.8 Å². The van der Waals surface area contributed by atoms with Crippen LogP contribution in [0.2, 0.25) is 0 Å². The van der Waals surface area contributed by atoms with Crippen LogP contribution < -0.4 is 16.8 Å². The SMILES string of the molecule is CSc1nc2c(=O)n(C)c(NN)nc2s1. The van der Waals surface area contributed by atoms with Gasteiger partial charge in [0.25, 0.3) is 5.56 Å². The minimum atomic E-state index is -0.190. The van der Waals surface area contributed by atoms with Crippen LogP contribution in [-0.2, 0) is 7.05 Å². The van der Waals surface area contributed by atoms with E-state index >= 15 is 0 Å². The van der Waals surface area contributed by atoms with Crippen molar-refractivity contribution in [2.24, 2.45) is 12.9 Å². The molecule has 2 heterocycles. The first-order chi connectivity index (χ1) is 7.17. The average Bonchev–Trinajstić information content (AvgIpc) is 2.66. The van der Waals surface area contributed by atoms with E-state index in [0.717, 1.165) is 4.34 Å². The predicted octanol–water partition coefficient (Wildman–Crippen LogP) is 0.397. The molecule has 6 nitrogen and oxygen atoms in total. The molecule has 0 aromatic carbocycles. The number of rotatable bonds is 2. The van der Waals surface area contributed by atoms with Gasteiger partial charge in [0.2, 0.25) is 5.95 Å². The minimum absolute atomic E-state index is 0.190. The maximum atomic E-state index is 11.8. The summed E-state index contributed by atoms with van der Waals surface area (Å²) >= 11 is 2.87. The maximum absolute atomic E-state index is 11.8. The molecule has 3 N–H and O–H groups in total. The Morgan fingerprint density at radius 3 is 2.87 bits per heavy atom. The van der Waals surface area contributed by atoms with Crippen molar-refractivity contribution in [1.29, 1.82) is 0 Å². The Labute approximate surface area is 93.5 Å². The molecule has 0 spiro atoms. The number of nitrogens with two attached hydrogens (primary N) is 1. The van der Waals surface area contributed by atoms with Crippen molar-refractivity contribution in [3.8, 4) is 0 Å². The highest BCUT2D eigenvalue weighted by Gasteiger charge is 2.12. The summed E-state index contributed by atoms with van der Waals surface area (Å²) in [6.07, 6.45) is 1.91. The molecule has 0 fully saturated rings. The first-order valence-corrected chi connectivity index (χ1v) is 6.09. The molecule has 0 radical (unpaired) electrons. The van der Waals surface area contributed by atoms with E-state index < -0.39 is 0 Å². The monoisotopic (exact) mass is 243 g/mol. The van der Waals surface area contributed by atoms with E-state index in [1.807, 2.05) is 6.26 Å². The fourth-order valence-electron chi connectivity index (χ4n) is 1.15. The number of hydrazine groups is 1. The molecule has 0 saturated heterocycles. The molecular weight excluding hydrogens is 234 g/mol. The first-order valence-electron chi connectivity index (χ1n) is 4.05. The average molecular weight is 243 g/mol. The number of nitrogens with zero attached hydrogens (tertiary/aromatic N) is 3. The number of hydrogen-bond donors (Lipinski definition) is 2. The second-order valence-electron chi connectivity index (χ2n) is 2.78. The first kappa shape index (κ1) is 10.4. The Hall–Kier alpha value is -1.12. The van der Waals surface area contributed by atoms with Gasteiger partial charge in [0.1, 0.15) is 0 Å². The van der Waals surface area contributed by atoms with Crippen LogP contribution in [0.15, 0.2) is 9.13 Å². The van der Waals surface area contributed by atoms with Gasteiger partial charge in [0.15, 0.2) is 14.7 Å². The van der Waals surface area contributed by atoms with E-state index in [0.29, 0.717) is 16.3 Å². The molecule has 0 unspecified atom stereocenters. The smallest absolute Gasteiger partial charge is 0.282 e. The molecule has 0 aliphatic carbocycles. The summed E-state index contributed by atoms with van der Waals surface area (Å²) in [5.41, 5.74) is 2.58. The second-order valence-corrected chi connectivity index (χ2v) is 4.81. The number of nitrogen functional groups attached to an aromatic ring is 1. The van der Waals surface area contributed by atoms with Gasteiger partial charge >= 0.3 is 0 Å². The number of thiazole rings is 1. The largest absolute Gasteiger partial charge is 0.294 e. The molecular formula is C7H9N5OS2. The molecule has 0 aliphatic heterocycles. The predicted molar refractivity (Wildman–Crippen MR) is 62.2 cm³/mol. The van der Waals surface area contributed by atoms with E-state index in [1.54, 1.807) is 7.05 Å². The minimum Gasteiger partial charge on any atom is -0.294 e. The van der Waals surface area contributed by atoms with Gasteiger partial charge in [-0.2, -0.15) is 0 Å². The molecule has 0 bridgehead atoms. The van der Waals surface area contributed by atoms with Crippen LogP contribution in [0.5, 0.6) is 0 Å². The van der Waals surface area contributed by atoms with Crippen molar-refractivity contribution in [1.82, 2.24) is 14.5 Å². The molecule has 15 heavy (non-hydrogen) atoms. The lowest BCUT2D eigenvalue weighted by Gasteiger charge is -2.03. The van der Waals surface area contributed by atoms with Gasteiger partial charge in [0, 0.05) is 7.05 Å². The Morgan fingerprint density at radius 1 is 1.53 bits per heavy atom. The second kappa shape index (κ2) is 3.80. The quantitative estimate of drug-likeness (QED) is 0.451. The summed E-state index contributed by atoms with van der Waals surface area (Å²) in [4.78, 5) is 20.8. The number of anilines is 1. The summed E-state index contributed by atoms with van der Waals surface area (Å²) in [7, 11) is 1.60. The molecule has 2 aromatic rings. The molecule has 2 aromatic heterocycles. The summed E-state index contributed by atoms with van der Waals surface area (Å²) < 4.78 is 2.16. The molecule has 0 saturated carbocycles. The lowest BCUT2D eigenvalue weighted by molar-refractivity contribution is 0.843. The molecule has 8 heteroatoms. The Bertz CT molecular complexity index is 560. The van der Waals surface area contributed by atoms with Gasteiger partial charge in [-0.1, -0.05) is 23.1 Å². The third-order valence-corrected chi connectivity index (χ3v) is 3.86. The highest BCUT2D eigenvalue weighted by Crippen LogP contribution is 2.25. The van der Waals surface area contributed by atoms with Crippen molar-refractivity contribution < 1.29 is 0 Å². The number of hydrogen-bond acceptors (Lipinski definition) is 7. The highest BCUT2D eigenvalue weighted by molar-refractivity contribution is 8.00. The van der Waals surface area contributed by atoms with E-state index in [4.69, 9.17) is 5.84 Å². The number of thioether (sulfide) groups is 1. The van der Waals surface area contributed by atoms with Crippen molar-refractivity contribution in [3.63, 3.8) is 0 Å². The van der Waals surface area contributed by atoms with Crippen LogP contribution in [0.4, 0.5) is 5.95 Å². The highest BCUT2D eigenvalue weighted by atomic mass is 32.2. The maximum Gasteiger partial charge on any atom is 0.282 e. The fourth-order valence-corrected chi connectivity index (χ4v) is 2.57. The van der Waals surface area contributed by atoms with Gasteiger partial charge in [-0.05, 0) is 6.26 Å². The van der Waals surface area contributed by atoms with E-state index in [9.17, 15) is 4.79 Å². The zero-order valence-electron chi connectivity index (χ0n) is 8.14. The van der Waals surface area contributed by atoms with Crippen LogP contribution in [0.1, 0.15) is 0 Å². The zero-order valence-corrected chi connectivity index (χ0v) is 9.78. The van der Waals surface area contributed by atoms with Gasteiger partial charge < -0.3 is 0 Å². The van der Waals surface area contributed by atoms with Crippen molar-refractivity contribution in [2.45, 2.75) is 4.34 Å². The van der Waals surface area contributed by atoms with Crippen molar-refractivity contribution in [3.05, 3.63) is 10.4 Å². The molecule has 2 rings (SSSR count). The molecule has 0 atom stereocenters. The number of fused-ring (bicyclic) bond motifs is 1. The number of aromatic nitrogens is 3. The van der Waals surface area contributed by atoms with E-state index in [2.05, 4.69) is 15.4 Å². The summed E-state index contributed by atoms with van der Waals surface area (Å²) in [6.45, 7) is 0.